The van der Waals surface area contributed by atoms with Gasteiger partial charge in [-0.05, 0) is 6.42 Å². The zero-order valence-corrected chi connectivity index (χ0v) is 7.84. The first-order valence-electron chi connectivity index (χ1n) is 4.56. The van der Waals surface area contributed by atoms with Crippen molar-refractivity contribution in [3.63, 3.8) is 0 Å². The molecule has 1 fully saturated rings. The van der Waals surface area contributed by atoms with Gasteiger partial charge in [0.05, 0.1) is 6.61 Å². The summed E-state index contributed by atoms with van der Waals surface area (Å²) in [5.74, 6) is 0. The van der Waals surface area contributed by atoms with Crippen LogP contribution < -0.4 is 10.6 Å². The number of nitrogens with one attached hydrogen (secondary N) is 2. The SMILES string of the molecule is CCCCOCC1NC(=O)NCO1. The smallest absolute Gasteiger partial charge is 0.318 e. The third kappa shape index (κ3) is 4.10. The lowest BCUT2D eigenvalue weighted by atomic mass is 10.4. The van der Waals surface area contributed by atoms with E-state index in [0.29, 0.717) is 6.61 Å². The fourth-order valence-electron chi connectivity index (χ4n) is 0.973. The van der Waals surface area contributed by atoms with Crippen LogP contribution in [0.2, 0.25) is 0 Å². The summed E-state index contributed by atoms with van der Waals surface area (Å²) in [6.07, 6.45) is 1.85. The zero-order valence-electron chi connectivity index (χ0n) is 7.84. The van der Waals surface area contributed by atoms with Crippen molar-refractivity contribution < 1.29 is 14.3 Å². The Kier molecular flexibility index (Phi) is 4.56. The maximum Gasteiger partial charge on any atom is 0.318 e. The summed E-state index contributed by atoms with van der Waals surface area (Å²) in [5, 5.41) is 5.08. The summed E-state index contributed by atoms with van der Waals surface area (Å²) in [6, 6.07) is -0.199. The van der Waals surface area contributed by atoms with Gasteiger partial charge in [0.25, 0.3) is 0 Å². The minimum atomic E-state index is -0.300. The van der Waals surface area contributed by atoms with Crippen LogP contribution in [-0.4, -0.2) is 32.2 Å². The van der Waals surface area contributed by atoms with E-state index in [9.17, 15) is 4.79 Å². The first-order chi connectivity index (χ1) is 6.33. The summed E-state index contributed by atoms with van der Waals surface area (Å²) < 4.78 is 10.5. The van der Waals surface area contributed by atoms with Crippen molar-refractivity contribution in [3.8, 4) is 0 Å². The van der Waals surface area contributed by atoms with Gasteiger partial charge in [0.2, 0.25) is 0 Å². The Bertz CT molecular complexity index is 163. The van der Waals surface area contributed by atoms with Crippen molar-refractivity contribution in [2.24, 2.45) is 0 Å². The number of unbranched alkanes of at least 4 members (excludes halogenated alkanes) is 1. The number of carbonyl (C=O) groups excluding carboxylic acids is 1. The number of urea groups is 1. The van der Waals surface area contributed by atoms with E-state index in [-0.39, 0.29) is 19.0 Å². The molecule has 0 spiro atoms. The molecule has 0 aliphatic carbocycles. The number of rotatable bonds is 5. The molecule has 0 radical (unpaired) electrons. The predicted molar refractivity (Wildman–Crippen MR) is 47.1 cm³/mol. The van der Waals surface area contributed by atoms with Crippen molar-refractivity contribution in [2.45, 2.75) is 26.0 Å². The monoisotopic (exact) mass is 188 g/mol. The zero-order chi connectivity index (χ0) is 9.52. The normalized spacial score (nSPS) is 22.2. The van der Waals surface area contributed by atoms with Crippen LogP contribution >= 0.6 is 0 Å². The average Bonchev–Trinajstić information content (AvgIpc) is 2.13. The van der Waals surface area contributed by atoms with Crippen LogP contribution in [0.15, 0.2) is 0 Å². The van der Waals surface area contributed by atoms with Gasteiger partial charge in [0, 0.05) is 6.61 Å². The molecule has 0 bridgehead atoms. The molecule has 1 heterocycles. The van der Waals surface area contributed by atoms with E-state index in [1.165, 1.54) is 0 Å². The van der Waals surface area contributed by atoms with Crippen LogP contribution in [-0.2, 0) is 9.47 Å². The highest BCUT2D eigenvalue weighted by Gasteiger charge is 2.17. The second-order valence-electron chi connectivity index (χ2n) is 2.88. The van der Waals surface area contributed by atoms with Gasteiger partial charge < -0.3 is 20.1 Å². The molecule has 1 saturated heterocycles. The first kappa shape index (κ1) is 10.3. The highest BCUT2D eigenvalue weighted by molar-refractivity contribution is 5.74. The second-order valence-corrected chi connectivity index (χ2v) is 2.88. The summed E-state index contributed by atoms with van der Waals surface area (Å²) in [6.45, 7) is 3.51. The molecule has 76 valence electrons. The first-order valence-corrected chi connectivity index (χ1v) is 4.56. The van der Waals surface area contributed by atoms with E-state index in [1.54, 1.807) is 0 Å². The van der Waals surface area contributed by atoms with E-state index in [2.05, 4.69) is 17.6 Å². The Morgan fingerprint density at radius 3 is 3.23 bits per heavy atom. The molecule has 0 aromatic rings. The van der Waals surface area contributed by atoms with Gasteiger partial charge in [-0.3, -0.25) is 0 Å². The summed E-state index contributed by atoms with van der Waals surface area (Å²) in [5.41, 5.74) is 0. The average molecular weight is 188 g/mol. The quantitative estimate of drug-likeness (QED) is 0.614. The maximum atomic E-state index is 10.8. The van der Waals surface area contributed by atoms with Gasteiger partial charge in [-0.1, -0.05) is 13.3 Å². The van der Waals surface area contributed by atoms with Crippen LogP contribution in [0, 0.1) is 0 Å². The van der Waals surface area contributed by atoms with Gasteiger partial charge >= 0.3 is 6.03 Å². The van der Waals surface area contributed by atoms with E-state index >= 15 is 0 Å². The molecule has 2 amide bonds. The van der Waals surface area contributed by atoms with Gasteiger partial charge in [-0.15, -0.1) is 0 Å². The predicted octanol–water partition coefficient (Wildman–Crippen LogP) is 0.416. The molecule has 5 heteroatoms. The third-order valence-electron chi connectivity index (χ3n) is 1.72. The van der Waals surface area contributed by atoms with Gasteiger partial charge in [0.1, 0.15) is 6.73 Å². The van der Waals surface area contributed by atoms with E-state index < -0.39 is 0 Å². The Balaban J connectivity index is 2.03. The maximum absolute atomic E-state index is 10.8. The van der Waals surface area contributed by atoms with Crippen molar-refractivity contribution in [1.29, 1.82) is 0 Å². The van der Waals surface area contributed by atoms with Gasteiger partial charge in [-0.2, -0.15) is 0 Å². The fraction of sp³-hybridized carbons (Fsp3) is 0.875. The van der Waals surface area contributed by atoms with Crippen LogP contribution in [0.25, 0.3) is 0 Å². The standard InChI is InChI=1S/C8H16N2O3/c1-2-3-4-12-5-7-10-8(11)9-6-13-7/h7H,2-6H2,1H3,(H2,9,10,11). The number of amides is 2. The number of hydrogen-bond acceptors (Lipinski definition) is 3. The molecule has 2 N–H and O–H groups in total. The molecule has 0 aromatic carbocycles. The highest BCUT2D eigenvalue weighted by Crippen LogP contribution is 1.95. The highest BCUT2D eigenvalue weighted by atomic mass is 16.6. The molecular weight excluding hydrogens is 172 g/mol. The molecule has 0 saturated carbocycles. The number of ether oxygens (including phenoxy) is 2. The Hall–Kier alpha value is -0.810. The van der Waals surface area contributed by atoms with Crippen molar-refractivity contribution in [3.05, 3.63) is 0 Å². The van der Waals surface area contributed by atoms with Crippen LogP contribution in [0.4, 0.5) is 4.79 Å². The Morgan fingerprint density at radius 2 is 2.54 bits per heavy atom. The molecule has 13 heavy (non-hydrogen) atoms. The van der Waals surface area contributed by atoms with Gasteiger partial charge in [-0.25, -0.2) is 4.79 Å². The molecular formula is C8H16N2O3. The molecule has 1 aliphatic rings. The van der Waals surface area contributed by atoms with Crippen LogP contribution in [0.3, 0.4) is 0 Å². The number of hydrogen-bond donors (Lipinski definition) is 2. The van der Waals surface area contributed by atoms with Crippen LogP contribution in [0.5, 0.6) is 0 Å². The molecule has 5 nitrogen and oxygen atoms in total. The van der Waals surface area contributed by atoms with Crippen molar-refractivity contribution >= 4 is 6.03 Å². The summed E-state index contributed by atoms with van der Waals surface area (Å²) >= 11 is 0. The van der Waals surface area contributed by atoms with E-state index in [4.69, 9.17) is 9.47 Å². The van der Waals surface area contributed by atoms with Crippen molar-refractivity contribution in [1.82, 2.24) is 10.6 Å². The molecule has 1 atom stereocenters. The largest absolute Gasteiger partial charge is 0.377 e. The topological polar surface area (TPSA) is 59.6 Å². The van der Waals surface area contributed by atoms with Crippen molar-refractivity contribution in [2.75, 3.05) is 19.9 Å². The molecule has 1 rings (SSSR count). The summed E-state index contributed by atoms with van der Waals surface area (Å²) in [4.78, 5) is 10.8. The lowest BCUT2D eigenvalue weighted by molar-refractivity contribution is -0.0457. The second kappa shape index (κ2) is 5.77. The molecule has 0 aromatic heterocycles. The van der Waals surface area contributed by atoms with E-state index in [1.807, 2.05) is 0 Å². The molecule has 1 aliphatic heterocycles. The fourth-order valence-corrected chi connectivity index (χ4v) is 0.973. The Labute approximate surface area is 77.8 Å². The minimum Gasteiger partial charge on any atom is -0.377 e. The van der Waals surface area contributed by atoms with Crippen LogP contribution in [0.1, 0.15) is 19.8 Å². The van der Waals surface area contributed by atoms with E-state index in [0.717, 1.165) is 19.4 Å². The lowest BCUT2D eigenvalue weighted by Gasteiger charge is -2.24. The summed E-state index contributed by atoms with van der Waals surface area (Å²) in [7, 11) is 0. The third-order valence-corrected chi connectivity index (χ3v) is 1.72. The Morgan fingerprint density at radius 1 is 1.69 bits per heavy atom. The molecule has 1 unspecified atom stereocenters. The lowest BCUT2D eigenvalue weighted by Crippen LogP contribution is -2.52. The number of carbonyl (C=O) groups is 1. The minimum absolute atomic E-state index is 0.199. The van der Waals surface area contributed by atoms with Gasteiger partial charge in [0.15, 0.2) is 6.23 Å².